The molecule has 1 aliphatic heterocycles. The summed E-state index contributed by atoms with van der Waals surface area (Å²) in [5, 5.41) is 17.3. The molecule has 0 fully saturated rings. The number of para-hydroxylation sites is 1. The average molecular weight is 386 g/mol. The first-order valence-corrected chi connectivity index (χ1v) is 9.67. The molecule has 146 valence electrons. The van der Waals surface area contributed by atoms with Gasteiger partial charge in [0, 0.05) is 5.56 Å². The Bertz CT molecular complexity index is 1080. The molecule has 0 aliphatic carbocycles. The van der Waals surface area contributed by atoms with E-state index in [2.05, 4.69) is 23.2 Å². The van der Waals surface area contributed by atoms with E-state index in [1.54, 1.807) is 0 Å². The second-order valence-corrected chi connectivity index (χ2v) is 6.85. The van der Waals surface area contributed by atoms with Gasteiger partial charge in [-0.2, -0.15) is 5.26 Å². The third-order valence-corrected chi connectivity index (χ3v) is 4.99. The number of nitrogens with two attached hydrogens (primary N) is 1. The van der Waals surface area contributed by atoms with E-state index >= 15 is 0 Å². The number of H-pyrrole nitrogens is 1. The van der Waals surface area contributed by atoms with Crippen molar-refractivity contribution < 1.29 is 9.47 Å². The highest BCUT2D eigenvalue weighted by Crippen LogP contribution is 2.47. The van der Waals surface area contributed by atoms with Crippen molar-refractivity contribution in [1.29, 1.82) is 5.26 Å². The number of nitriles is 1. The molecule has 4 rings (SSSR count). The van der Waals surface area contributed by atoms with E-state index < -0.39 is 5.92 Å². The zero-order valence-corrected chi connectivity index (χ0v) is 16.2. The number of nitrogens with zero attached hydrogens (tertiary/aromatic N) is 2. The Hall–Kier alpha value is -3.72. The van der Waals surface area contributed by atoms with Crippen LogP contribution in [0.3, 0.4) is 0 Å². The molecule has 2 aromatic carbocycles. The molecule has 0 amide bonds. The van der Waals surface area contributed by atoms with E-state index in [0.717, 1.165) is 41.0 Å². The predicted molar refractivity (Wildman–Crippen MR) is 110 cm³/mol. The van der Waals surface area contributed by atoms with Gasteiger partial charge in [0.15, 0.2) is 0 Å². The van der Waals surface area contributed by atoms with Gasteiger partial charge >= 0.3 is 0 Å². The Kier molecular flexibility index (Phi) is 5.21. The van der Waals surface area contributed by atoms with Gasteiger partial charge in [-0.15, -0.1) is 5.10 Å². The molecule has 1 unspecified atom stereocenters. The van der Waals surface area contributed by atoms with Crippen molar-refractivity contribution in [3.05, 3.63) is 77.2 Å². The van der Waals surface area contributed by atoms with Crippen LogP contribution < -0.4 is 15.2 Å². The van der Waals surface area contributed by atoms with Gasteiger partial charge in [-0.05, 0) is 18.1 Å². The summed E-state index contributed by atoms with van der Waals surface area (Å²) in [5.74, 6) is 0.753. The van der Waals surface area contributed by atoms with Crippen LogP contribution in [0.4, 0.5) is 0 Å². The lowest BCUT2D eigenvalue weighted by Gasteiger charge is -2.25. The Labute approximate surface area is 169 Å². The summed E-state index contributed by atoms with van der Waals surface area (Å²) >= 11 is 0. The van der Waals surface area contributed by atoms with E-state index in [4.69, 9.17) is 15.2 Å². The van der Waals surface area contributed by atoms with Crippen LogP contribution >= 0.6 is 0 Å². The van der Waals surface area contributed by atoms with E-state index in [9.17, 15) is 5.26 Å². The third-order valence-electron chi connectivity index (χ3n) is 4.99. The zero-order valence-electron chi connectivity index (χ0n) is 16.2. The van der Waals surface area contributed by atoms with Gasteiger partial charge in [0.25, 0.3) is 0 Å². The number of allylic oxidation sites excluding steroid dienone is 1. The van der Waals surface area contributed by atoms with E-state index in [-0.39, 0.29) is 5.88 Å². The maximum Gasteiger partial charge on any atom is 0.244 e. The number of nitrogens with one attached hydrogen (secondary N) is 1. The second-order valence-electron chi connectivity index (χ2n) is 6.85. The minimum Gasteiger partial charge on any atom is -0.493 e. The standard InChI is InChI=1S/C23H22N4O2/c1-2-3-13-28-18-12-8-7-11-16(18)19-17(14-24)22(25)29-23-20(19)21(26-27-23)15-9-5-4-6-10-15/h4-12,19H,2-3,13,25H2,1H3,(H,26,27). The van der Waals surface area contributed by atoms with Crippen LogP contribution in [0.5, 0.6) is 11.6 Å². The number of aromatic amines is 1. The van der Waals surface area contributed by atoms with Crippen molar-refractivity contribution in [2.24, 2.45) is 5.73 Å². The first-order valence-electron chi connectivity index (χ1n) is 9.67. The molecule has 6 heteroatoms. The first kappa shape index (κ1) is 18.6. The van der Waals surface area contributed by atoms with Crippen LogP contribution in [0, 0.1) is 11.3 Å². The highest BCUT2D eigenvalue weighted by atomic mass is 16.5. The van der Waals surface area contributed by atoms with Crippen molar-refractivity contribution in [2.75, 3.05) is 6.61 Å². The molecule has 6 nitrogen and oxygen atoms in total. The van der Waals surface area contributed by atoms with Crippen LogP contribution in [0.15, 0.2) is 66.1 Å². The summed E-state index contributed by atoms with van der Waals surface area (Å²) in [5.41, 5.74) is 9.85. The van der Waals surface area contributed by atoms with Crippen LogP contribution in [0.2, 0.25) is 0 Å². The number of unbranched alkanes of at least 4 members (excludes halogenated alkanes) is 1. The van der Waals surface area contributed by atoms with Gasteiger partial charge in [0.05, 0.1) is 23.8 Å². The summed E-state index contributed by atoms with van der Waals surface area (Å²) < 4.78 is 11.7. The van der Waals surface area contributed by atoms with Crippen molar-refractivity contribution >= 4 is 0 Å². The van der Waals surface area contributed by atoms with Crippen molar-refractivity contribution in [2.45, 2.75) is 25.7 Å². The predicted octanol–water partition coefficient (Wildman–Crippen LogP) is 4.47. The Morgan fingerprint density at radius 1 is 1.17 bits per heavy atom. The lowest BCUT2D eigenvalue weighted by molar-refractivity contribution is 0.305. The smallest absolute Gasteiger partial charge is 0.244 e. The maximum absolute atomic E-state index is 9.88. The van der Waals surface area contributed by atoms with Gasteiger partial charge in [0.1, 0.15) is 17.4 Å². The number of hydrogen-bond acceptors (Lipinski definition) is 5. The minimum atomic E-state index is -0.435. The van der Waals surface area contributed by atoms with Crippen LogP contribution in [-0.2, 0) is 0 Å². The highest BCUT2D eigenvalue weighted by molar-refractivity contribution is 5.71. The third kappa shape index (κ3) is 3.43. The number of rotatable bonds is 6. The number of benzene rings is 2. The molecule has 3 aromatic rings. The van der Waals surface area contributed by atoms with Crippen molar-refractivity contribution in [3.8, 4) is 29.0 Å². The number of ether oxygens (including phenoxy) is 2. The SMILES string of the molecule is CCCCOc1ccccc1C1C(C#N)=C(N)Oc2n[nH]c(-c3ccccc3)c21. The monoisotopic (exact) mass is 386 g/mol. The lowest BCUT2D eigenvalue weighted by atomic mass is 9.82. The fourth-order valence-corrected chi connectivity index (χ4v) is 3.56. The molecule has 2 heterocycles. The van der Waals surface area contributed by atoms with Gasteiger partial charge < -0.3 is 15.2 Å². The first-order chi connectivity index (χ1) is 14.2. The molecule has 1 atom stereocenters. The fraction of sp³-hybridized carbons (Fsp3) is 0.217. The molecule has 1 aliphatic rings. The molecule has 0 spiro atoms. The average Bonchev–Trinajstić information content (AvgIpc) is 3.17. The van der Waals surface area contributed by atoms with Crippen molar-refractivity contribution in [1.82, 2.24) is 10.2 Å². The Morgan fingerprint density at radius 3 is 2.69 bits per heavy atom. The summed E-state index contributed by atoms with van der Waals surface area (Å²) in [7, 11) is 0. The molecule has 0 radical (unpaired) electrons. The number of aromatic nitrogens is 2. The summed E-state index contributed by atoms with van der Waals surface area (Å²) in [6.07, 6.45) is 2.00. The summed E-state index contributed by atoms with van der Waals surface area (Å²) in [6, 6.07) is 19.8. The van der Waals surface area contributed by atoms with E-state index in [1.807, 2.05) is 54.6 Å². The highest BCUT2D eigenvalue weighted by Gasteiger charge is 2.37. The van der Waals surface area contributed by atoms with Crippen LogP contribution in [0.25, 0.3) is 11.3 Å². The molecule has 0 saturated carbocycles. The fourth-order valence-electron chi connectivity index (χ4n) is 3.56. The van der Waals surface area contributed by atoms with Gasteiger partial charge in [-0.3, -0.25) is 5.10 Å². The minimum absolute atomic E-state index is 0.0690. The lowest BCUT2D eigenvalue weighted by Crippen LogP contribution is -2.21. The molecular weight excluding hydrogens is 364 g/mol. The molecular formula is C23H22N4O2. The molecule has 0 bridgehead atoms. The summed E-state index contributed by atoms with van der Waals surface area (Å²) in [4.78, 5) is 0. The van der Waals surface area contributed by atoms with Crippen LogP contribution in [-0.4, -0.2) is 16.8 Å². The van der Waals surface area contributed by atoms with Crippen molar-refractivity contribution in [3.63, 3.8) is 0 Å². The van der Waals surface area contributed by atoms with Gasteiger partial charge in [-0.1, -0.05) is 61.9 Å². The van der Waals surface area contributed by atoms with E-state index in [0.29, 0.717) is 18.1 Å². The normalized spacial score (nSPS) is 15.4. The topological polar surface area (TPSA) is 96.9 Å². The number of hydrogen-bond donors (Lipinski definition) is 2. The summed E-state index contributed by atoms with van der Waals surface area (Å²) in [6.45, 7) is 2.73. The van der Waals surface area contributed by atoms with Crippen LogP contribution in [0.1, 0.15) is 36.8 Å². The van der Waals surface area contributed by atoms with Gasteiger partial charge in [-0.25, -0.2) is 0 Å². The van der Waals surface area contributed by atoms with E-state index in [1.165, 1.54) is 0 Å². The quantitative estimate of drug-likeness (QED) is 0.609. The molecule has 0 saturated heterocycles. The Balaban J connectivity index is 1.88. The Morgan fingerprint density at radius 2 is 1.93 bits per heavy atom. The largest absolute Gasteiger partial charge is 0.493 e. The number of fused-ring (bicyclic) bond motifs is 1. The zero-order chi connectivity index (χ0) is 20.2. The second kappa shape index (κ2) is 8.11. The molecule has 29 heavy (non-hydrogen) atoms. The van der Waals surface area contributed by atoms with Gasteiger partial charge in [0.2, 0.25) is 11.8 Å². The molecule has 1 aromatic heterocycles. The molecule has 3 N–H and O–H groups in total. The maximum atomic E-state index is 9.88.